The molecule has 0 saturated carbocycles. The largest absolute Gasteiger partial charge is 0.455 e. The molecule has 8 heteroatoms. The van der Waals surface area contributed by atoms with Gasteiger partial charge in [0.25, 0.3) is 0 Å². The highest BCUT2D eigenvalue weighted by molar-refractivity contribution is 7.25. The minimum Gasteiger partial charge on any atom is -0.455 e. The van der Waals surface area contributed by atoms with Crippen LogP contribution in [0, 0.1) is 0 Å². The highest BCUT2D eigenvalue weighted by Gasteiger charge is 2.20. The molecule has 0 amide bonds. The number of rotatable bonds is 6. The summed E-state index contributed by atoms with van der Waals surface area (Å²) in [7, 11) is 0. The maximum Gasteiger partial charge on any atom is 0.167 e. The molecule has 0 aliphatic carbocycles. The molecular weight excluding hydrogens is 709 g/mol. The van der Waals surface area contributed by atoms with Gasteiger partial charge >= 0.3 is 0 Å². The van der Waals surface area contributed by atoms with Crippen LogP contribution in [0.3, 0.4) is 0 Å². The molecule has 0 unspecified atom stereocenters. The number of para-hydroxylation sites is 1. The number of benzene rings is 7. The third kappa shape index (κ3) is 5.59. The van der Waals surface area contributed by atoms with E-state index in [9.17, 15) is 0 Å². The SMILES string of the molecule is c1ccc(-c2nc(-c3ccccc3)nc(-c3ccc4c(c3)oc3c(-c5nc(-c6ccccc6)nc(-c6ccc7sc8ccccc8c7c6)n5)cccc34)n2)cc1. The van der Waals surface area contributed by atoms with Gasteiger partial charge in [-0.15, -0.1) is 11.3 Å². The van der Waals surface area contributed by atoms with Crippen LogP contribution in [0.2, 0.25) is 0 Å². The molecule has 11 rings (SSSR count). The van der Waals surface area contributed by atoms with E-state index >= 15 is 0 Å². The Morgan fingerprint density at radius 3 is 1.43 bits per heavy atom. The quantitative estimate of drug-likeness (QED) is 0.168. The summed E-state index contributed by atoms with van der Waals surface area (Å²) < 4.78 is 9.23. The molecule has 7 aromatic carbocycles. The second-order valence-electron chi connectivity index (χ2n) is 13.5. The Morgan fingerprint density at radius 2 is 0.804 bits per heavy atom. The fourth-order valence-electron chi connectivity index (χ4n) is 7.26. The first-order chi connectivity index (χ1) is 27.7. The average molecular weight is 737 g/mol. The Hall–Kier alpha value is -7.42. The van der Waals surface area contributed by atoms with Crippen molar-refractivity contribution in [2.45, 2.75) is 0 Å². The number of thiophene rings is 1. The van der Waals surface area contributed by atoms with E-state index in [-0.39, 0.29) is 0 Å². The first kappa shape index (κ1) is 32.0. The van der Waals surface area contributed by atoms with Gasteiger partial charge in [-0.3, -0.25) is 0 Å². The Labute approximate surface area is 324 Å². The van der Waals surface area contributed by atoms with Crippen LogP contribution in [-0.2, 0) is 0 Å². The van der Waals surface area contributed by atoms with Crippen molar-refractivity contribution in [3.63, 3.8) is 0 Å². The summed E-state index contributed by atoms with van der Waals surface area (Å²) >= 11 is 1.79. The summed E-state index contributed by atoms with van der Waals surface area (Å²) in [5.41, 5.74) is 6.66. The number of fused-ring (bicyclic) bond motifs is 6. The minimum absolute atomic E-state index is 0.534. The molecule has 11 aromatic rings. The molecule has 7 nitrogen and oxygen atoms in total. The van der Waals surface area contributed by atoms with Gasteiger partial charge in [-0.2, -0.15) is 0 Å². The molecule has 56 heavy (non-hydrogen) atoms. The van der Waals surface area contributed by atoms with Gasteiger partial charge in [0, 0.05) is 58.8 Å². The number of hydrogen-bond donors (Lipinski definition) is 0. The third-order valence-corrected chi connectivity index (χ3v) is 11.2. The standard InChI is InChI=1S/C48H28N6OS/c1-4-13-29(14-5-1)43-49-44(30-15-6-2-7-16-30)51-47(50-43)33-23-25-34-36-20-12-21-37(42(36)55-39(34)28-33)48-53-45(31-17-8-3-9-18-31)52-46(54-48)32-24-26-41-38(27-32)35-19-10-11-22-40(35)56-41/h1-28H. The summed E-state index contributed by atoms with van der Waals surface area (Å²) in [6.45, 7) is 0. The van der Waals surface area contributed by atoms with E-state index in [0.717, 1.165) is 44.2 Å². The molecule has 0 N–H and O–H groups in total. The molecule has 0 spiro atoms. The van der Waals surface area contributed by atoms with Crippen LogP contribution in [0.15, 0.2) is 174 Å². The fraction of sp³-hybridized carbons (Fsp3) is 0. The van der Waals surface area contributed by atoms with Crippen LogP contribution in [0.5, 0.6) is 0 Å². The van der Waals surface area contributed by atoms with Crippen molar-refractivity contribution in [1.29, 1.82) is 0 Å². The van der Waals surface area contributed by atoms with Gasteiger partial charge in [0.1, 0.15) is 11.2 Å². The third-order valence-electron chi connectivity index (χ3n) is 10.00. The second-order valence-corrected chi connectivity index (χ2v) is 14.6. The van der Waals surface area contributed by atoms with E-state index in [1.807, 2.05) is 115 Å². The lowest BCUT2D eigenvalue weighted by molar-refractivity contribution is 0.669. The smallest absolute Gasteiger partial charge is 0.167 e. The van der Waals surface area contributed by atoms with E-state index in [0.29, 0.717) is 46.1 Å². The van der Waals surface area contributed by atoms with Crippen LogP contribution >= 0.6 is 11.3 Å². The summed E-state index contributed by atoms with van der Waals surface area (Å²) in [6, 6.07) is 57.2. The van der Waals surface area contributed by atoms with E-state index < -0.39 is 0 Å². The number of furan rings is 1. The van der Waals surface area contributed by atoms with Crippen LogP contribution in [0.4, 0.5) is 0 Å². The normalized spacial score (nSPS) is 11.6. The minimum atomic E-state index is 0.534. The molecule has 0 aliphatic rings. The molecule has 0 radical (unpaired) electrons. The zero-order chi connectivity index (χ0) is 37.0. The first-order valence-corrected chi connectivity index (χ1v) is 19.1. The van der Waals surface area contributed by atoms with Gasteiger partial charge in [-0.05, 0) is 42.5 Å². The number of nitrogens with zero attached hydrogens (tertiary/aromatic N) is 6. The van der Waals surface area contributed by atoms with Gasteiger partial charge in [0.2, 0.25) is 0 Å². The molecule has 0 fully saturated rings. The van der Waals surface area contributed by atoms with Crippen molar-refractivity contribution in [1.82, 2.24) is 29.9 Å². The average Bonchev–Trinajstić information content (AvgIpc) is 3.85. The Bertz CT molecular complexity index is 3200. The van der Waals surface area contributed by atoms with E-state index in [2.05, 4.69) is 54.6 Å². The topological polar surface area (TPSA) is 90.5 Å². The number of aromatic nitrogens is 6. The lowest BCUT2D eigenvalue weighted by atomic mass is 10.1. The van der Waals surface area contributed by atoms with Crippen LogP contribution in [0.1, 0.15) is 0 Å². The molecule has 4 heterocycles. The summed E-state index contributed by atoms with van der Waals surface area (Å²) in [4.78, 5) is 30.0. The van der Waals surface area contributed by atoms with Crippen molar-refractivity contribution >= 4 is 53.4 Å². The summed E-state index contributed by atoms with van der Waals surface area (Å²) in [5.74, 6) is 3.49. The van der Waals surface area contributed by atoms with Crippen LogP contribution in [-0.4, -0.2) is 29.9 Å². The molecule has 0 bridgehead atoms. The van der Waals surface area contributed by atoms with Gasteiger partial charge in [0.05, 0.1) is 5.56 Å². The van der Waals surface area contributed by atoms with Gasteiger partial charge < -0.3 is 4.42 Å². The maximum absolute atomic E-state index is 6.75. The molecule has 0 aliphatic heterocycles. The molecule has 262 valence electrons. The van der Waals surface area contributed by atoms with E-state index in [4.69, 9.17) is 34.3 Å². The highest BCUT2D eigenvalue weighted by atomic mass is 32.1. The molecule has 0 atom stereocenters. The zero-order valence-electron chi connectivity index (χ0n) is 29.7. The van der Waals surface area contributed by atoms with Gasteiger partial charge in [-0.1, -0.05) is 127 Å². The second kappa shape index (κ2) is 13.2. The van der Waals surface area contributed by atoms with Crippen molar-refractivity contribution in [2.75, 3.05) is 0 Å². The molecular formula is C48H28N6OS. The van der Waals surface area contributed by atoms with Gasteiger partial charge in [-0.25, -0.2) is 29.9 Å². The lowest BCUT2D eigenvalue weighted by Gasteiger charge is -2.09. The van der Waals surface area contributed by atoms with E-state index in [1.54, 1.807) is 11.3 Å². The first-order valence-electron chi connectivity index (χ1n) is 18.3. The van der Waals surface area contributed by atoms with E-state index in [1.165, 1.54) is 20.2 Å². The van der Waals surface area contributed by atoms with Crippen molar-refractivity contribution in [3.05, 3.63) is 170 Å². The fourth-order valence-corrected chi connectivity index (χ4v) is 8.34. The Kier molecular flexibility index (Phi) is 7.53. The highest BCUT2D eigenvalue weighted by Crippen LogP contribution is 2.39. The number of hydrogen-bond acceptors (Lipinski definition) is 8. The summed E-state index contributed by atoms with van der Waals surface area (Å²) in [6.07, 6.45) is 0. The maximum atomic E-state index is 6.75. The Morgan fingerprint density at radius 1 is 0.321 bits per heavy atom. The molecule has 4 aromatic heterocycles. The lowest BCUT2D eigenvalue weighted by Crippen LogP contribution is -2.00. The summed E-state index contributed by atoms with van der Waals surface area (Å²) in [5, 5.41) is 4.34. The molecule has 0 saturated heterocycles. The zero-order valence-corrected chi connectivity index (χ0v) is 30.5. The van der Waals surface area contributed by atoms with Crippen LogP contribution < -0.4 is 0 Å². The van der Waals surface area contributed by atoms with Gasteiger partial charge in [0.15, 0.2) is 34.9 Å². The monoisotopic (exact) mass is 736 g/mol. The van der Waals surface area contributed by atoms with Crippen LogP contribution in [0.25, 0.3) is 110 Å². The van der Waals surface area contributed by atoms with Crippen molar-refractivity contribution in [3.8, 4) is 68.3 Å². The predicted molar refractivity (Wildman–Crippen MR) is 226 cm³/mol. The van der Waals surface area contributed by atoms with Crippen molar-refractivity contribution in [2.24, 2.45) is 0 Å². The van der Waals surface area contributed by atoms with Crippen molar-refractivity contribution < 1.29 is 4.42 Å². The Balaban J connectivity index is 1.06. The predicted octanol–water partition coefficient (Wildman–Crippen LogP) is 12.3.